The molecule has 0 atom stereocenters. The molecule has 0 heterocycles. The van der Waals surface area contributed by atoms with E-state index in [2.05, 4.69) is 15.6 Å². The van der Waals surface area contributed by atoms with Crippen molar-refractivity contribution in [3.05, 3.63) is 60.2 Å². The van der Waals surface area contributed by atoms with Crippen LogP contribution in [-0.4, -0.2) is 11.9 Å². The summed E-state index contributed by atoms with van der Waals surface area (Å²) in [6, 6.07) is 17.5. The molecule has 6 heteroatoms. The Balaban J connectivity index is 0.00000261. The molecule has 0 spiro atoms. The summed E-state index contributed by atoms with van der Waals surface area (Å²) in [5.41, 5.74) is 8.67. The van der Waals surface area contributed by atoms with Crippen molar-refractivity contribution in [3.63, 3.8) is 0 Å². The van der Waals surface area contributed by atoms with Crippen LogP contribution in [0.15, 0.2) is 59.6 Å². The lowest BCUT2D eigenvalue weighted by Crippen LogP contribution is -2.24. The van der Waals surface area contributed by atoms with Crippen LogP contribution in [0.25, 0.3) is 0 Å². The van der Waals surface area contributed by atoms with Crippen molar-refractivity contribution >= 4 is 47.2 Å². The van der Waals surface area contributed by atoms with Crippen LogP contribution in [0.3, 0.4) is 0 Å². The quantitative estimate of drug-likeness (QED) is 0.330. The molecular weight excluding hydrogens is 451 g/mol. The van der Waals surface area contributed by atoms with E-state index in [0.717, 1.165) is 42.6 Å². The van der Waals surface area contributed by atoms with Gasteiger partial charge in [-0.05, 0) is 42.7 Å². The Morgan fingerprint density at radius 1 is 0.963 bits per heavy atom. The molecule has 3 rings (SSSR count). The molecular formula is C21H27IN4O. The van der Waals surface area contributed by atoms with E-state index in [4.69, 9.17) is 5.73 Å². The number of nitrogens with one attached hydrogen (secondary N) is 2. The summed E-state index contributed by atoms with van der Waals surface area (Å²) >= 11 is 0. The first-order valence-corrected chi connectivity index (χ1v) is 9.22. The molecule has 1 amide bonds. The standard InChI is InChI=1S/C21H26N4O.HI/c22-21(25-18-11-5-2-6-12-18)23-15-16-8-7-13-19(14-16)24-20(26)17-9-3-1-4-10-17;/h2,5-8,11-14,17H,1,3-4,9-10,15H2,(H,24,26)(H3,22,23,25);1H. The number of carbonyl (C=O) groups is 1. The fraction of sp³-hybridized carbons (Fsp3) is 0.333. The number of carbonyl (C=O) groups excluding carboxylic acids is 1. The number of hydrogen-bond acceptors (Lipinski definition) is 2. The number of halogens is 1. The molecule has 2 aromatic carbocycles. The van der Waals surface area contributed by atoms with Gasteiger partial charge in [0.05, 0.1) is 6.54 Å². The van der Waals surface area contributed by atoms with Gasteiger partial charge in [-0.3, -0.25) is 4.79 Å². The van der Waals surface area contributed by atoms with Gasteiger partial charge in [-0.25, -0.2) is 4.99 Å². The van der Waals surface area contributed by atoms with Gasteiger partial charge in [-0.15, -0.1) is 24.0 Å². The van der Waals surface area contributed by atoms with Crippen LogP contribution in [0.2, 0.25) is 0 Å². The molecule has 1 aliphatic carbocycles. The highest BCUT2D eigenvalue weighted by atomic mass is 127. The van der Waals surface area contributed by atoms with Crippen LogP contribution < -0.4 is 16.4 Å². The number of nitrogens with two attached hydrogens (primary N) is 1. The Kier molecular flexibility index (Phi) is 8.57. The lowest BCUT2D eigenvalue weighted by Gasteiger charge is -2.20. The third kappa shape index (κ3) is 6.86. The number of hydrogen-bond donors (Lipinski definition) is 3. The molecule has 4 N–H and O–H groups in total. The van der Waals surface area contributed by atoms with Gasteiger partial charge < -0.3 is 16.4 Å². The summed E-state index contributed by atoms with van der Waals surface area (Å²) in [6.07, 6.45) is 5.55. The van der Waals surface area contributed by atoms with E-state index in [1.807, 2.05) is 54.6 Å². The molecule has 0 saturated heterocycles. The number of nitrogens with zero attached hydrogens (tertiary/aromatic N) is 1. The van der Waals surface area contributed by atoms with Gasteiger partial charge >= 0.3 is 0 Å². The minimum atomic E-state index is 0. The predicted molar refractivity (Wildman–Crippen MR) is 122 cm³/mol. The molecule has 0 radical (unpaired) electrons. The first-order valence-electron chi connectivity index (χ1n) is 9.22. The normalized spacial score (nSPS) is 14.9. The summed E-state index contributed by atoms with van der Waals surface area (Å²) in [5, 5.41) is 6.11. The van der Waals surface area contributed by atoms with Crippen LogP contribution >= 0.6 is 24.0 Å². The molecule has 0 bridgehead atoms. The number of amides is 1. The fourth-order valence-corrected chi connectivity index (χ4v) is 3.24. The lowest BCUT2D eigenvalue weighted by molar-refractivity contribution is -0.120. The van der Waals surface area contributed by atoms with Crippen LogP contribution in [0.5, 0.6) is 0 Å². The van der Waals surface area contributed by atoms with Crippen molar-refractivity contribution in [2.45, 2.75) is 38.6 Å². The summed E-state index contributed by atoms with van der Waals surface area (Å²) in [6.45, 7) is 0.457. The second kappa shape index (κ2) is 10.9. The first-order chi connectivity index (χ1) is 12.7. The van der Waals surface area contributed by atoms with Gasteiger partial charge in [-0.2, -0.15) is 0 Å². The van der Waals surface area contributed by atoms with Gasteiger partial charge in [-0.1, -0.05) is 49.6 Å². The average molecular weight is 478 g/mol. The predicted octanol–water partition coefficient (Wildman–Crippen LogP) is 4.75. The fourth-order valence-electron chi connectivity index (χ4n) is 3.24. The molecule has 1 aliphatic rings. The maximum absolute atomic E-state index is 12.4. The Morgan fingerprint density at radius 2 is 1.67 bits per heavy atom. The van der Waals surface area contributed by atoms with E-state index in [9.17, 15) is 4.79 Å². The number of aliphatic imine (C=N–C) groups is 1. The Hall–Kier alpha value is -2.09. The van der Waals surface area contributed by atoms with Crippen molar-refractivity contribution in [3.8, 4) is 0 Å². The van der Waals surface area contributed by atoms with Crippen LogP contribution in [0.1, 0.15) is 37.7 Å². The molecule has 0 unspecified atom stereocenters. The molecule has 2 aromatic rings. The van der Waals surface area contributed by atoms with Crippen LogP contribution in [0.4, 0.5) is 11.4 Å². The second-order valence-electron chi connectivity index (χ2n) is 6.72. The minimum absolute atomic E-state index is 0. The Bertz CT molecular complexity index is 758. The molecule has 27 heavy (non-hydrogen) atoms. The van der Waals surface area contributed by atoms with Crippen LogP contribution in [-0.2, 0) is 11.3 Å². The first kappa shape index (κ1) is 21.2. The van der Waals surface area contributed by atoms with E-state index < -0.39 is 0 Å². The second-order valence-corrected chi connectivity index (χ2v) is 6.72. The van der Waals surface area contributed by atoms with Gasteiger partial charge in [0.25, 0.3) is 0 Å². The molecule has 1 fully saturated rings. The Morgan fingerprint density at radius 3 is 2.41 bits per heavy atom. The summed E-state index contributed by atoms with van der Waals surface area (Å²) < 4.78 is 0. The third-order valence-corrected chi connectivity index (χ3v) is 4.65. The summed E-state index contributed by atoms with van der Waals surface area (Å²) in [7, 11) is 0. The van der Waals surface area contributed by atoms with Gasteiger partial charge in [0.1, 0.15) is 0 Å². The molecule has 0 aromatic heterocycles. The number of anilines is 2. The van der Waals surface area contributed by atoms with Gasteiger partial charge in [0, 0.05) is 17.3 Å². The van der Waals surface area contributed by atoms with Crippen molar-refractivity contribution in [1.82, 2.24) is 0 Å². The highest BCUT2D eigenvalue weighted by molar-refractivity contribution is 14.0. The van der Waals surface area contributed by atoms with E-state index in [1.54, 1.807) is 0 Å². The maximum Gasteiger partial charge on any atom is 0.227 e. The minimum Gasteiger partial charge on any atom is -0.370 e. The summed E-state index contributed by atoms with van der Waals surface area (Å²) in [4.78, 5) is 16.7. The molecule has 144 valence electrons. The van der Waals surface area contributed by atoms with Crippen molar-refractivity contribution in [1.29, 1.82) is 0 Å². The topological polar surface area (TPSA) is 79.5 Å². The van der Waals surface area contributed by atoms with Crippen LogP contribution in [0, 0.1) is 5.92 Å². The van der Waals surface area contributed by atoms with E-state index in [0.29, 0.717) is 12.5 Å². The largest absolute Gasteiger partial charge is 0.370 e. The zero-order valence-electron chi connectivity index (χ0n) is 15.4. The van der Waals surface area contributed by atoms with E-state index in [1.165, 1.54) is 6.42 Å². The third-order valence-electron chi connectivity index (χ3n) is 4.65. The lowest BCUT2D eigenvalue weighted by atomic mass is 9.88. The molecule has 0 aliphatic heterocycles. The smallest absolute Gasteiger partial charge is 0.227 e. The Labute approximate surface area is 177 Å². The zero-order chi connectivity index (χ0) is 18.2. The highest BCUT2D eigenvalue weighted by Crippen LogP contribution is 2.25. The number of guanidine groups is 1. The highest BCUT2D eigenvalue weighted by Gasteiger charge is 2.20. The van der Waals surface area contributed by atoms with Crippen molar-refractivity contribution < 1.29 is 4.79 Å². The zero-order valence-corrected chi connectivity index (χ0v) is 17.7. The van der Waals surface area contributed by atoms with Crippen molar-refractivity contribution in [2.24, 2.45) is 16.6 Å². The number of para-hydroxylation sites is 1. The van der Waals surface area contributed by atoms with Gasteiger partial charge in [0.2, 0.25) is 5.91 Å². The SMILES string of the molecule is I.NC(=NCc1cccc(NC(=O)C2CCCCC2)c1)Nc1ccccc1. The number of benzene rings is 2. The monoisotopic (exact) mass is 478 g/mol. The molecule has 1 saturated carbocycles. The van der Waals surface area contributed by atoms with Crippen molar-refractivity contribution in [2.75, 3.05) is 10.6 Å². The molecule has 5 nitrogen and oxygen atoms in total. The van der Waals surface area contributed by atoms with E-state index >= 15 is 0 Å². The van der Waals surface area contributed by atoms with Gasteiger partial charge in [0.15, 0.2) is 5.96 Å². The maximum atomic E-state index is 12.4. The summed E-state index contributed by atoms with van der Waals surface area (Å²) in [5.74, 6) is 0.652. The van der Waals surface area contributed by atoms with E-state index in [-0.39, 0.29) is 35.8 Å². The number of rotatable bonds is 5. The average Bonchev–Trinajstić information content (AvgIpc) is 2.68.